The molecule has 0 amide bonds. The predicted octanol–water partition coefficient (Wildman–Crippen LogP) is 4.58. The third-order valence-electron chi connectivity index (χ3n) is 4.73. The summed E-state index contributed by atoms with van der Waals surface area (Å²) in [6.45, 7) is 9.15. The van der Waals surface area contributed by atoms with E-state index in [2.05, 4.69) is 20.8 Å². The second kappa shape index (κ2) is 10.6. The minimum Gasteiger partial charge on any atom is -0.379 e. The summed E-state index contributed by atoms with van der Waals surface area (Å²) < 4.78 is 16.6. The maximum absolute atomic E-state index is 5.71. The quantitative estimate of drug-likeness (QED) is 0.347. The zero-order valence-corrected chi connectivity index (χ0v) is 14.7. The highest BCUT2D eigenvalue weighted by Crippen LogP contribution is 2.29. The molecule has 2 atom stereocenters. The van der Waals surface area contributed by atoms with Crippen molar-refractivity contribution < 1.29 is 14.2 Å². The molecule has 1 fully saturated rings. The van der Waals surface area contributed by atoms with Crippen LogP contribution < -0.4 is 0 Å². The van der Waals surface area contributed by atoms with Gasteiger partial charge in [-0.2, -0.15) is 0 Å². The largest absolute Gasteiger partial charge is 0.379 e. The summed E-state index contributed by atoms with van der Waals surface area (Å²) in [7, 11) is 1.83. The molecule has 0 saturated carbocycles. The molecule has 1 heterocycles. The van der Waals surface area contributed by atoms with Crippen LogP contribution in [-0.2, 0) is 14.2 Å². The Morgan fingerprint density at radius 2 is 1.76 bits per heavy atom. The maximum Gasteiger partial charge on any atom is 0.104 e. The number of methoxy groups -OCH3 is 1. The van der Waals surface area contributed by atoms with Gasteiger partial charge in [0.05, 0.1) is 18.8 Å². The van der Waals surface area contributed by atoms with Crippen molar-refractivity contribution in [3.8, 4) is 0 Å². The Morgan fingerprint density at radius 3 is 2.38 bits per heavy atom. The number of hydrogen-bond acceptors (Lipinski definition) is 3. The number of unbranched alkanes of at least 4 members (excludes halogenated alkanes) is 5. The third-order valence-corrected chi connectivity index (χ3v) is 4.73. The van der Waals surface area contributed by atoms with E-state index >= 15 is 0 Å². The first-order chi connectivity index (χ1) is 10.1. The smallest absolute Gasteiger partial charge is 0.104 e. The Kier molecular flexibility index (Phi) is 9.54. The monoisotopic (exact) mass is 300 g/mol. The number of epoxide rings is 1. The normalized spacial score (nSPS) is 19.7. The van der Waals surface area contributed by atoms with Gasteiger partial charge in [-0.05, 0) is 32.6 Å². The van der Waals surface area contributed by atoms with Crippen molar-refractivity contribution in [1.29, 1.82) is 0 Å². The van der Waals surface area contributed by atoms with Crippen LogP contribution in [0, 0.1) is 5.92 Å². The molecule has 0 N–H and O–H groups in total. The Balaban J connectivity index is 2.16. The highest BCUT2D eigenvalue weighted by Gasteiger charge is 2.29. The number of rotatable bonds is 14. The van der Waals surface area contributed by atoms with Gasteiger partial charge in [0.15, 0.2) is 0 Å². The zero-order chi connectivity index (χ0) is 15.6. The van der Waals surface area contributed by atoms with Crippen molar-refractivity contribution in [3.63, 3.8) is 0 Å². The molecule has 0 aromatic rings. The van der Waals surface area contributed by atoms with Crippen LogP contribution in [0.5, 0.6) is 0 Å². The van der Waals surface area contributed by atoms with Gasteiger partial charge in [0.2, 0.25) is 0 Å². The van der Waals surface area contributed by atoms with Crippen LogP contribution in [0.1, 0.15) is 72.1 Å². The lowest BCUT2D eigenvalue weighted by Crippen LogP contribution is -2.34. The molecule has 3 nitrogen and oxygen atoms in total. The van der Waals surface area contributed by atoms with E-state index < -0.39 is 0 Å². The molecule has 1 rings (SSSR count). The van der Waals surface area contributed by atoms with Crippen LogP contribution in [0.2, 0.25) is 0 Å². The first kappa shape index (κ1) is 18.9. The summed E-state index contributed by atoms with van der Waals surface area (Å²) in [5.74, 6) is 0.578. The minimum atomic E-state index is -0.0527. The van der Waals surface area contributed by atoms with E-state index in [1.807, 2.05) is 7.11 Å². The summed E-state index contributed by atoms with van der Waals surface area (Å²) in [5, 5.41) is 0. The van der Waals surface area contributed by atoms with E-state index in [0.717, 1.165) is 26.2 Å². The topological polar surface area (TPSA) is 31.0 Å². The molecule has 1 aliphatic rings. The summed E-state index contributed by atoms with van der Waals surface area (Å²) in [6, 6.07) is 0. The summed E-state index contributed by atoms with van der Waals surface area (Å²) in [4.78, 5) is 0. The highest BCUT2D eigenvalue weighted by molar-refractivity contribution is 4.79. The van der Waals surface area contributed by atoms with E-state index in [0.29, 0.717) is 12.0 Å². The lowest BCUT2D eigenvalue weighted by atomic mass is 9.83. The van der Waals surface area contributed by atoms with Gasteiger partial charge < -0.3 is 14.2 Å². The Labute approximate surface area is 131 Å². The van der Waals surface area contributed by atoms with Crippen molar-refractivity contribution in [1.82, 2.24) is 0 Å². The predicted molar refractivity (Wildman–Crippen MR) is 87.7 cm³/mol. The Hall–Kier alpha value is -0.120. The molecule has 1 aliphatic heterocycles. The summed E-state index contributed by atoms with van der Waals surface area (Å²) >= 11 is 0. The van der Waals surface area contributed by atoms with Crippen molar-refractivity contribution in [3.05, 3.63) is 0 Å². The van der Waals surface area contributed by atoms with Crippen LogP contribution in [0.3, 0.4) is 0 Å². The van der Waals surface area contributed by atoms with Gasteiger partial charge in [-0.15, -0.1) is 0 Å². The van der Waals surface area contributed by atoms with Crippen LogP contribution in [0.4, 0.5) is 0 Å². The van der Waals surface area contributed by atoms with E-state index in [1.54, 1.807) is 0 Å². The average Bonchev–Trinajstić information content (AvgIpc) is 3.28. The molecule has 3 heteroatoms. The van der Waals surface area contributed by atoms with Gasteiger partial charge in [0, 0.05) is 13.7 Å². The van der Waals surface area contributed by atoms with Gasteiger partial charge in [-0.3, -0.25) is 0 Å². The van der Waals surface area contributed by atoms with Crippen molar-refractivity contribution in [2.75, 3.05) is 26.9 Å². The lowest BCUT2D eigenvalue weighted by Gasteiger charge is -2.33. The van der Waals surface area contributed by atoms with Gasteiger partial charge in [-0.1, -0.05) is 45.4 Å². The van der Waals surface area contributed by atoms with Gasteiger partial charge in [0.25, 0.3) is 0 Å². The van der Waals surface area contributed by atoms with Gasteiger partial charge in [0.1, 0.15) is 6.10 Å². The molecule has 2 unspecified atom stereocenters. The second-order valence-electron chi connectivity index (χ2n) is 6.88. The fraction of sp³-hybridized carbons (Fsp3) is 1.00. The first-order valence-corrected chi connectivity index (χ1v) is 8.84. The fourth-order valence-corrected chi connectivity index (χ4v) is 2.78. The highest BCUT2D eigenvalue weighted by atomic mass is 16.6. The molecule has 0 spiro atoms. The van der Waals surface area contributed by atoms with Crippen molar-refractivity contribution in [2.45, 2.75) is 83.8 Å². The van der Waals surface area contributed by atoms with Gasteiger partial charge in [-0.25, -0.2) is 0 Å². The zero-order valence-electron chi connectivity index (χ0n) is 14.7. The van der Waals surface area contributed by atoms with E-state index in [9.17, 15) is 0 Å². The molecular formula is C18H36O3. The van der Waals surface area contributed by atoms with Crippen LogP contribution in [0.15, 0.2) is 0 Å². The molecule has 0 radical (unpaired) electrons. The van der Waals surface area contributed by atoms with Crippen molar-refractivity contribution >= 4 is 0 Å². The Morgan fingerprint density at radius 1 is 1.10 bits per heavy atom. The average molecular weight is 300 g/mol. The molecule has 0 aromatic carbocycles. The van der Waals surface area contributed by atoms with E-state index in [1.165, 1.54) is 44.9 Å². The summed E-state index contributed by atoms with van der Waals surface area (Å²) in [5.41, 5.74) is -0.0527. The molecular weight excluding hydrogens is 264 g/mol. The number of ether oxygens (including phenoxy) is 3. The SMILES string of the molecule is CCCCCCCCC(CCOCC1CO1)C(C)(C)OC. The lowest BCUT2D eigenvalue weighted by molar-refractivity contribution is -0.0434. The van der Waals surface area contributed by atoms with Gasteiger partial charge >= 0.3 is 0 Å². The molecule has 21 heavy (non-hydrogen) atoms. The fourth-order valence-electron chi connectivity index (χ4n) is 2.78. The molecule has 0 aliphatic carbocycles. The minimum absolute atomic E-state index is 0.0527. The van der Waals surface area contributed by atoms with E-state index in [4.69, 9.17) is 14.2 Å². The molecule has 1 saturated heterocycles. The maximum atomic E-state index is 5.71. The number of hydrogen-bond donors (Lipinski definition) is 0. The van der Waals surface area contributed by atoms with Crippen LogP contribution in [-0.4, -0.2) is 38.6 Å². The Bertz CT molecular complexity index is 249. The third kappa shape index (κ3) is 8.80. The molecule has 0 aromatic heterocycles. The van der Waals surface area contributed by atoms with E-state index in [-0.39, 0.29) is 5.60 Å². The van der Waals surface area contributed by atoms with Crippen LogP contribution >= 0.6 is 0 Å². The van der Waals surface area contributed by atoms with Crippen LogP contribution in [0.25, 0.3) is 0 Å². The van der Waals surface area contributed by atoms with Crippen molar-refractivity contribution in [2.24, 2.45) is 5.92 Å². The molecule has 0 bridgehead atoms. The standard InChI is InChI=1S/C18H36O3/c1-5-6-7-8-9-10-11-16(18(2,3)19-4)12-13-20-14-17-15-21-17/h16-17H,5-15H2,1-4H3. The molecule has 126 valence electrons. The first-order valence-electron chi connectivity index (χ1n) is 8.84. The summed E-state index contributed by atoms with van der Waals surface area (Å²) in [6.07, 6.45) is 10.8. The second-order valence-corrected chi connectivity index (χ2v) is 6.88.